The van der Waals surface area contributed by atoms with Gasteiger partial charge in [-0.05, 0) is 326 Å². The van der Waals surface area contributed by atoms with E-state index in [-0.39, 0.29) is 68.4 Å². The van der Waals surface area contributed by atoms with Crippen LogP contribution in [0.15, 0.2) is 37.2 Å². The molecule has 12 saturated carbocycles. The SMILES string of the molecule is C.C.C.C1CCOC1.C[C@@H](C(=O)[C@H]1CC[C@H]2[C@@H]3CC[C@H]4C[C@](C)(O)CC[C@@H]4[C@H]3CC[C@]12C)n1ccnn1.C[C@@]1(O)CC[C@H]2[C@@H](CC[C@@H]3[C@@H]2CC[C@]2(C)[C@@H](C(=O)Cn4ccnn4)CC[C@@H]32)C1.C[C@H](C(=O)[C@H]1CC[C@H]2[C@@H]3CC[C@H]4C[C@](C)(O)CC[C@@H]4[C@H]3CC[C@]12C)n1ccnn1. The Morgan fingerprint density at radius 2 is 0.766 bits per heavy atom. The van der Waals surface area contributed by atoms with Crippen molar-refractivity contribution in [1.82, 2.24) is 45.0 Å². The lowest BCUT2D eigenvalue weighted by Gasteiger charge is -2.57. The summed E-state index contributed by atoms with van der Waals surface area (Å²) >= 11 is 0. The van der Waals surface area contributed by atoms with Crippen LogP contribution >= 0.6 is 0 Å². The third-order valence-corrected chi connectivity index (χ3v) is 29.9. The van der Waals surface area contributed by atoms with Crippen molar-refractivity contribution >= 4 is 17.3 Å². The van der Waals surface area contributed by atoms with E-state index in [9.17, 15) is 29.7 Å². The summed E-state index contributed by atoms with van der Waals surface area (Å²) in [6.07, 6.45) is 44.5. The van der Waals surface area contributed by atoms with Crippen LogP contribution < -0.4 is 0 Å². The molecule has 0 radical (unpaired) electrons. The van der Waals surface area contributed by atoms with Gasteiger partial charge in [0.25, 0.3) is 0 Å². The van der Waals surface area contributed by atoms with E-state index in [2.05, 4.69) is 51.7 Å². The lowest BCUT2D eigenvalue weighted by atomic mass is 9.49. The molecule has 0 aromatic carbocycles. The van der Waals surface area contributed by atoms with Crippen LogP contribution in [0.4, 0.5) is 0 Å². The van der Waals surface area contributed by atoms with Gasteiger partial charge in [-0.1, -0.05) is 58.7 Å². The van der Waals surface area contributed by atoms with Crippen LogP contribution in [-0.4, -0.2) is 108 Å². The van der Waals surface area contributed by atoms with E-state index in [0.717, 1.165) is 142 Å². The summed E-state index contributed by atoms with van der Waals surface area (Å²) in [5, 5.41) is 55.5. The second-order valence-corrected chi connectivity index (χ2v) is 34.9. The highest BCUT2D eigenvalue weighted by atomic mass is 16.5. The van der Waals surface area contributed by atoms with Crippen LogP contribution in [0.5, 0.6) is 0 Å². The zero-order valence-corrected chi connectivity index (χ0v) is 57.1. The molecular weight excluding hydrogens is 1170 g/mol. The second kappa shape index (κ2) is 28.9. The van der Waals surface area contributed by atoms with Crippen LogP contribution in [0, 0.1) is 123 Å². The lowest BCUT2D eigenvalue weighted by molar-refractivity contribution is -0.135. The molecule has 0 bridgehead atoms. The number of carbonyl (C=O) groups excluding carboxylic acids is 3. The zero-order valence-electron chi connectivity index (χ0n) is 57.1. The van der Waals surface area contributed by atoms with Crippen molar-refractivity contribution < 1.29 is 34.4 Å². The summed E-state index contributed by atoms with van der Waals surface area (Å²) < 4.78 is 10.1. The molecule has 3 aromatic rings. The first kappa shape index (κ1) is 73.0. The molecule has 16 rings (SSSR count). The van der Waals surface area contributed by atoms with Crippen molar-refractivity contribution in [2.24, 2.45) is 123 Å². The van der Waals surface area contributed by atoms with Crippen molar-refractivity contribution in [3.63, 3.8) is 0 Å². The van der Waals surface area contributed by atoms with Crippen molar-refractivity contribution in [3.05, 3.63) is 37.2 Å². The number of ketones is 3. The fourth-order valence-corrected chi connectivity index (χ4v) is 25.5. The van der Waals surface area contributed by atoms with Gasteiger partial charge in [-0.15, -0.1) is 15.3 Å². The number of aromatic nitrogens is 9. The van der Waals surface area contributed by atoms with Gasteiger partial charge in [0.05, 0.1) is 35.4 Å². The molecule has 3 aromatic heterocycles. The minimum Gasteiger partial charge on any atom is -0.390 e. The fraction of sp³-hybridized carbons (Fsp3) is 0.885. The van der Waals surface area contributed by atoms with E-state index in [1.807, 2.05) is 47.0 Å². The predicted molar refractivity (Wildman–Crippen MR) is 368 cm³/mol. The minimum absolute atomic E-state index is 0. The molecule has 13 aliphatic rings. The predicted octanol–water partition coefficient (Wildman–Crippen LogP) is 15.4. The minimum atomic E-state index is -0.445. The Balaban J connectivity index is 0.000000146. The number of hydrogen-bond acceptors (Lipinski definition) is 13. The van der Waals surface area contributed by atoms with Crippen LogP contribution in [-0.2, 0) is 25.7 Å². The summed E-state index contributed by atoms with van der Waals surface area (Å²) in [7, 11) is 0. The second-order valence-electron chi connectivity index (χ2n) is 34.9. The van der Waals surface area contributed by atoms with E-state index < -0.39 is 16.8 Å². The molecule has 4 heterocycles. The van der Waals surface area contributed by atoms with E-state index in [1.165, 1.54) is 128 Å². The first-order valence-electron chi connectivity index (χ1n) is 37.4. The van der Waals surface area contributed by atoms with Crippen LogP contribution in [0.3, 0.4) is 0 Å². The maximum atomic E-state index is 13.4. The maximum absolute atomic E-state index is 13.4. The Kier molecular flexibility index (Phi) is 22.4. The van der Waals surface area contributed by atoms with Gasteiger partial charge in [0.2, 0.25) is 0 Å². The Bertz CT molecular complexity index is 2810. The van der Waals surface area contributed by atoms with E-state index >= 15 is 0 Å². The summed E-state index contributed by atoms with van der Waals surface area (Å²) in [5.74, 6) is 13.1. The Hall–Kier alpha value is -3.73. The highest BCUT2D eigenvalue weighted by Crippen LogP contribution is 2.68. The lowest BCUT2D eigenvalue weighted by Crippen LogP contribution is -2.51. The quantitative estimate of drug-likeness (QED) is 0.182. The summed E-state index contributed by atoms with van der Waals surface area (Å²) in [5.41, 5.74) is -0.853. The number of carbonyl (C=O) groups is 3. The highest BCUT2D eigenvalue weighted by molar-refractivity contribution is 5.86. The number of Topliss-reactive ketones (excluding diaryl/α,β-unsaturated/α-hetero) is 3. The Morgan fingerprint density at radius 1 is 0.426 bits per heavy atom. The van der Waals surface area contributed by atoms with Gasteiger partial charge in [0.1, 0.15) is 18.6 Å². The third-order valence-electron chi connectivity index (χ3n) is 29.9. The number of rotatable bonds is 9. The molecule has 26 atom stereocenters. The first-order valence-corrected chi connectivity index (χ1v) is 37.4. The molecule has 528 valence electrons. The monoisotopic (exact) mass is 1300 g/mol. The van der Waals surface area contributed by atoms with Gasteiger partial charge in [-0.25, -0.2) is 14.0 Å². The molecule has 0 amide bonds. The largest absolute Gasteiger partial charge is 0.390 e. The number of hydrogen-bond donors (Lipinski definition) is 3. The molecule has 3 N–H and O–H groups in total. The average Bonchev–Trinajstić information content (AvgIpc) is 1.50. The number of nitrogens with zero attached hydrogens (tertiary/aromatic N) is 9. The molecule has 0 unspecified atom stereocenters. The smallest absolute Gasteiger partial charge is 0.160 e. The standard InChI is InChI=1S/2C24H37N3O2.C23H35N3O2.C4H8O.3CH4/c2*1-15(27-13-12-25-26-27)22(28)21-7-6-20-19-5-4-16-14-23(2,29)10-8-17(16)18(19)9-11-24(20,21)3;1-22(28)9-7-16-15(13-22)3-4-18-17(16)8-10-23(2)19(18)5-6-20(23)21(27)14-26-12-11-24-25-26;1-2-4-5-3-1;;;/h2*12-13,15-21,29H,4-11,14H2,1-3H3;11-12,15-20,28H,3-10,13-14H2,1-2H3;1-4H2;3*1H4/t15-,16+,17+,18-,19-,20+,21-,23-,24+;15-,16-,17-,18+,19+,20-,21+,23+,24-;15-,16-,17+,18+,19-,20+,22+,23-;;;;/m100..../s1. The summed E-state index contributed by atoms with van der Waals surface area (Å²) in [4.78, 5) is 40.0. The molecule has 12 aliphatic carbocycles. The Labute approximate surface area is 566 Å². The summed E-state index contributed by atoms with van der Waals surface area (Å²) in [6.45, 7) is 19.7. The van der Waals surface area contributed by atoms with Crippen LogP contribution in [0.25, 0.3) is 0 Å². The molecule has 16 heteroatoms. The maximum Gasteiger partial charge on any atom is 0.160 e. The zero-order chi connectivity index (χ0) is 63.8. The van der Waals surface area contributed by atoms with Crippen molar-refractivity contribution in [2.75, 3.05) is 13.2 Å². The number of ether oxygens (including phenoxy) is 1. The van der Waals surface area contributed by atoms with Crippen LogP contribution in [0.1, 0.15) is 276 Å². The van der Waals surface area contributed by atoms with Gasteiger partial charge >= 0.3 is 0 Å². The first-order chi connectivity index (χ1) is 43.5. The topological polar surface area (TPSA) is 213 Å². The number of fused-ring (bicyclic) bond motifs is 15. The van der Waals surface area contributed by atoms with E-state index in [1.54, 1.807) is 38.8 Å². The van der Waals surface area contributed by atoms with Gasteiger partial charge in [0.15, 0.2) is 17.3 Å². The van der Waals surface area contributed by atoms with Gasteiger partial charge in [0, 0.05) is 49.6 Å². The van der Waals surface area contributed by atoms with Gasteiger partial charge in [-0.2, -0.15) is 0 Å². The normalized spacial score (nSPS) is 45.0. The summed E-state index contributed by atoms with van der Waals surface area (Å²) in [6, 6.07) is -0.431. The molecule has 1 aliphatic heterocycles. The third kappa shape index (κ3) is 14.0. The molecule has 16 nitrogen and oxygen atoms in total. The van der Waals surface area contributed by atoms with Gasteiger partial charge in [-0.3, -0.25) is 14.4 Å². The highest BCUT2D eigenvalue weighted by Gasteiger charge is 2.63. The van der Waals surface area contributed by atoms with E-state index in [4.69, 9.17) is 4.74 Å². The van der Waals surface area contributed by atoms with E-state index in [0.29, 0.717) is 41.6 Å². The van der Waals surface area contributed by atoms with Crippen LogP contribution in [0.2, 0.25) is 0 Å². The number of aliphatic hydroxyl groups is 3. The fourth-order valence-electron chi connectivity index (χ4n) is 25.5. The molecular formula is C78H129N9O7. The molecule has 0 spiro atoms. The van der Waals surface area contributed by atoms with Gasteiger partial charge < -0.3 is 20.1 Å². The molecule has 1 saturated heterocycles. The molecule has 94 heavy (non-hydrogen) atoms. The van der Waals surface area contributed by atoms with Crippen molar-refractivity contribution in [1.29, 1.82) is 0 Å². The molecule has 13 fully saturated rings. The van der Waals surface area contributed by atoms with Crippen molar-refractivity contribution in [2.45, 2.75) is 299 Å². The average molecular weight is 1300 g/mol. The van der Waals surface area contributed by atoms with Crippen molar-refractivity contribution in [3.8, 4) is 0 Å². The Morgan fingerprint density at radius 3 is 1.10 bits per heavy atom.